The molecule has 1 aromatic carbocycles. The molecule has 14 heavy (non-hydrogen) atoms. The van der Waals surface area contributed by atoms with Crippen molar-refractivity contribution in [3.63, 3.8) is 0 Å². The Morgan fingerprint density at radius 2 is 2.00 bits per heavy atom. The molecule has 0 unspecified atom stereocenters. The smallest absolute Gasteiger partial charge is 0.146 e. The molecule has 0 spiro atoms. The molecule has 0 fully saturated rings. The van der Waals surface area contributed by atoms with Crippen molar-refractivity contribution < 1.29 is 4.74 Å². The van der Waals surface area contributed by atoms with Gasteiger partial charge in [0.1, 0.15) is 5.75 Å². The summed E-state index contributed by atoms with van der Waals surface area (Å²) < 4.78 is 6.37. The highest BCUT2D eigenvalue weighted by Crippen LogP contribution is 2.37. The lowest BCUT2D eigenvalue weighted by Gasteiger charge is -2.13. The predicted molar refractivity (Wildman–Crippen MR) is 66.6 cm³/mol. The van der Waals surface area contributed by atoms with E-state index in [1.165, 1.54) is 10.5 Å². The molecule has 0 aliphatic rings. The summed E-state index contributed by atoms with van der Waals surface area (Å²) in [5, 5.41) is 0. The van der Waals surface area contributed by atoms with Crippen molar-refractivity contribution in [2.45, 2.75) is 24.7 Å². The maximum absolute atomic E-state index is 5.33. The van der Waals surface area contributed by atoms with Gasteiger partial charge in [0.2, 0.25) is 0 Å². The molecule has 0 aliphatic heterocycles. The number of hydrogen-bond donors (Lipinski definition) is 0. The molecule has 0 heterocycles. The first-order valence-electron chi connectivity index (χ1n) is 4.51. The third kappa shape index (κ3) is 2.45. The molecule has 0 radical (unpaired) electrons. The van der Waals surface area contributed by atoms with E-state index in [-0.39, 0.29) is 0 Å². The summed E-state index contributed by atoms with van der Waals surface area (Å²) in [5.74, 6) is 1.48. The average Bonchev–Trinajstić information content (AvgIpc) is 2.16. The van der Waals surface area contributed by atoms with Gasteiger partial charge in [0.15, 0.2) is 0 Å². The van der Waals surface area contributed by atoms with Crippen molar-refractivity contribution in [2.75, 3.05) is 13.4 Å². The summed E-state index contributed by atoms with van der Waals surface area (Å²) in [4.78, 5) is 1.19. The van der Waals surface area contributed by atoms with Crippen LogP contribution in [0.1, 0.15) is 25.3 Å². The number of methoxy groups -OCH3 is 1. The van der Waals surface area contributed by atoms with Crippen molar-refractivity contribution in [1.29, 1.82) is 0 Å². The van der Waals surface area contributed by atoms with Crippen LogP contribution in [-0.2, 0) is 0 Å². The zero-order valence-corrected chi connectivity index (χ0v) is 11.3. The monoisotopic (exact) mass is 274 g/mol. The fourth-order valence-electron chi connectivity index (χ4n) is 1.27. The highest BCUT2D eigenvalue weighted by molar-refractivity contribution is 9.10. The van der Waals surface area contributed by atoms with Crippen LogP contribution in [0.3, 0.4) is 0 Å². The first-order chi connectivity index (χ1) is 6.60. The van der Waals surface area contributed by atoms with E-state index in [1.54, 1.807) is 18.9 Å². The molecular weight excluding hydrogens is 260 g/mol. The molecule has 0 N–H and O–H groups in total. The molecule has 0 bridgehead atoms. The SMILES string of the molecule is COc1c(Br)cc(C(C)C)cc1SC. The summed E-state index contributed by atoms with van der Waals surface area (Å²) in [6, 6.07) is 4.32. The van der Waals surface area contributed by atoms with E-state index in [2.05, 4.69) is 48.2 Å². The Balaban J connectivity index is 3.24. The van der Waals surface area contributed by atoms with Crippen molar-refractivity contribution in [1.82, 2.24) is 0 Å². The minimum absolute atomic E-state index is 0.545. The largest absolute Gasteiger partial charge is 0.494 e. The van der Waals surface area contributed by atoms with Gasteiger partial charge in [0, 0.05) is 0 Å². The minimum atomic E-state index is 0.545. The molecule has 1 rings (SSSR count). The lowest BCUT2D eigenvalue weighted by Crippen LogP contribution is -1.93. The van der Waals surface area contributed by atoms with Gasteiger partial charge in [-0.3, -0.25) is 0 Å². The van der Waals surface area contributed by atoms with Crippen LogP contribution in [0.2, 0.25) is 0 Å². The van der Waals surface area contributed by atoms with Crippen LogP contribution in [-0.4, -0.2) is 13.4 Å². The van der Waals surface area contributed by atoms with E-state index in [4.69, 9.17) is 4.74 Å². The fraction of sp³-hybridized carbons (Fsp3) is 0.455. The van der Waals surface area contributed by atoms with Crippen LogP contribution >= 0.6 is 27.7 Å². The van der Waals surface area contributed by atoms with Crippen LogP contribution in [0.15, 0.2) is 21.5 Å². The van der Waals surface area contributed by atoms with Gasteiger partial charge in [-0.1, -0.05) is 13.8 Å². The molecule has 0 saturated carbocycles. The van der Waals surface area contributed by atoms with Crippen molar-refractivity contribution in [2.24, 2.45) is 0 Å². The van der Waals surface area contributed by atoms with Gasteiger partial charge in [0.25, 0.3) is 0 Å². The van der Waals surface area contributed by atoms with E-state index in [1.807, 2.05) is 0 Å². The van der Waals surface area contributed by atoms with Crippen LogP contribution in [0.5, 0.6) is 5.75 Å². The van der Waals surface area contributed by atoms with Crippen molar-refractivity contribution in [3.05, 3.63) is 22.2 Å². The van der Waals surface area contributed by atoms with Crippen molar-refractivity contribution in [3.8, 4) is 5.75 Å². The normalized spacial score (nSPS) is 10.7. The number of halogens is 1. The molecule has 78 valence electrons. The standard InChI is InChI=1S/C11H15BrOS/c1-7(2)8-5-9(12)11(13-3)10(6-8)14-4/h5-7H,1-4H3. The lowest BCUT2D eigenvalue weighted by molar-refractivity contribution is 0.401. The van der Waals surface area contributed by atoms with Crippen LogP contribution in [0.25, 0.3) is 0 Å². The topological polar surface area (TPSA) is 9.23 Å². The summed E-state index contributed by atoms with van der Waals surface area (Å²) in [5.41, 5.74) is 1.34. The van der Waals surface area contributed by atoms with E-state index < -0.39 is 0 Å². The van der Waals surface area contributed by atoms with E-state index in [0.29, 0.717) is 5.92 Å². The Morgan fingerprint density at radius 1 is 1.36 bits per heavy atom. The minimum Gasteiger partial charge on any atom is -0.494 e. The van der Waals surface area contributed by atoms with E-state index in [0.717, 1.165) is 10.2 Å². The van der Waals surface area contributed by atoms with Gasteiger partial charge >= 0.3 is 0 Å². The summed E-state index contributed by atoms with van der Waals surface area (Å²) >= 11 is 5.24. The highest BCUT2D eigenvalue weighted by atomic mass is 79.9. The average molecular weight is 275 g/mol. The van der Waals surface area contributed by atoms with Gasteiger partial charge < -0.3 is 4.74 Å². The second-order valence-electron chi connectivity index (χ2n) is 3.39. The molecule has 1 aromatic rings. The molecular formula is C11H15BrOS. The highest BCUT2D eigenvalue weighted by Gasteiger charge is 2.10. The fourth-order valence-corrected chi connectivity index (χ4v) is 2.67. The zero-order valence-electron chi connectivity index (χ0n) is 8.93. The van der Waals surface area contributed by atoms with E-state index in [9.17, 15) is 0 Å². The van der Waals surface area contributed by atoms with E-state index >= 15 is 0 Å². The van der Waals surface area contributed by atoms with Crippen LogP contribution in [0, 0.1) is 0 Å². The Kier molecular flexibility index (Phi) is 4.32. The first kappa shape index (κ1) is 11.9. The van der Waals surface area contributed by atoms with Crippen molar-refractivity contribution >= 4 is 27.7 Å². The lowest BCUT2D eigenvalue weighted by atomic mass is 10.0. The quantitative estimate of drug-likeness (QED) is 0.760. The van der Waals surface area contributed by atoms with Gasteiger partial charge in [-0.05, 0) is 45.8 Å². The third-order valence-corrected chi connectivity index (χ3v) is 3.45. The first-order valence-corrected chi connectivity index (χ1v) is 6.53. The van der Waals surface area contributed by atoms with Gasteiger partial charge in [0.05, 0.1) is 16.5 Å². The third-order valence-electron chi connectivity index (χ3n) is 2.12. The van der Waals surface area contributed by atoms with Crippen LogP contribution in [0.4, 0.5) is 0 Å². The molecule has 1 nitrogen and oxygen atoms in total. The van der Waals surface area contributed by atoms with Gasteiger partial charge in [-0.25, -0.2) is 0 Å². The second kappa shape index (κ2) is 5.08. The Labute approximate surface area is 98.4 Å². The second-order valence-corrected chi connectivity index (χ2v) is 5.10. The van der Waals surface area contributed by atoms with Gasteiger partial charge in [-0.15, -0.1) is 11.8 Å². The molecule has 0 atom stereocenters. The Morgan fingerprint density at radius 3 is 2.43 bits per heavy atom. The maximum Gasteiger partial charge on any atom is 0.146 e. The summed E-state index contributed by atoms with van der Waals surface area (Å²) in [6.45, 7) is 4.39. The molecule has 0 aliphatic carbocycles. The Bertz CT molecular complexity index is 323. The zero-order chi connectivity index (χ0) is 10.7. The van der Waals surface area contributed by atoms with Gasteiger partial charge in [-0.2, -0.15) is 0 Å². The molecule has 0 aromatic heterocycles. The number of hydrogen-bond acceptors (Lipinski definition) is 2. The number of thioether (sulfide) groups is 1. The molecule has 3 heteroatoms. The maximum atomic E-state index is 5.33. The molecule has 0 amide bonds. The Hall–Kier alpha value is -0.150. The number of ether oxygens (including phenoxy) is 1. The molecule has 0 saturated heterocycles. The summed E-state index contributed by atoms with van der Waals surface area (Å²) in [6.07, 6.45) is 2.06. The number of rotatable bonds is 3. The predicted octanol–water partition coefficient (Wildman–Crippen LogP) is 4.30. The number of benzene rings is 1. The van der Waals surface area contributed by atoms with Crippen LogP contribution < -0.4 is 4.74 Å². The summed E-state index contributed by atoms with van der Waals surface area (Å²) in [7, 11) is 1.70.